The van der Waals surface area contributed by atoms with Gasteiger partial charge in [0, 0.05) is 18.4 Å². The van der Waals surface area contributed by atoms with Crippen LogP contribution in [0.15, 0.2) is 0 Å². The molecular formula is C10H17N3. The molecule has 1 aromatic rings. The number of hydrogen-bond acceptors (Lipinski definition) is 3. The smallest absolute Gasteiger partial charge is 0.222 e. The first kappa shape index (κ1) is 9.96. The van der Waals surface area contributed by atoms with Crippen molar-refractivity contribution in [1.29, 1.82) is 0 Å². The highest BCUT2D eigenvalue weighted by atomic mass is 15.1. The number of hydrogen-bond donors (Lipinski definition) is 1. The minimum Gasteiger partial charge on any atom is -0.357 e. The molecule has 0 aliphatic carbocycles. The van der Waals surface area contributed by atoms with Gasteiger partial charge >= 0.3 is 0 Å². The standard InChI is InChI=1S/C10H17N3/c1-5-6-9-7(2)12-10(11-4)13-8(9)3/h5-6H2,1-4H3,(H,11,12,13). The quantitative estimate of drug-likeness (QED) is 0.772. The van der Waals surface area contributed by atoms with E-state index in [-0.39, 0.29) is 0 Å². The van der Waals surface area contributed by atoms with Crippen LogP contribution in [-0.2, 0) is 6.42 Å². The van der Waals surface area contributed by atoms with E-state index >= 15 is 0 Å². The van der Waals surface area contributed by atoms with Crippen LogP contribution >= 0.6 is 0 Å². The van der Waals surface area contributed by atoms with Crippen LogP contribution in [0.2, 0.25) is 0 Å². The average Bonchev–Trinajstić information content (AvgIpc) is 2.11. The van der Waals surface area contributed by atoms with E-state index in [2.05, 4.69) is 22.2 Å². The molecule has 0 saturated heterocycles. The Morgan fingerprint density at radius 1 is 1.15 bits per heavy atom. The lowest BCUT2D eigenvalue weighted by Crippen LogP contribution is -2.04. The minimum atomic E-state index is 0.717. The van der Waals surface area contributed by atoms with Gasteiger partial charge in [0.05, 0.1) is 0 Å². The minimum absolute atomic E-state index is 0.717. The van der Waals surface area contributed by atoms with Gasteiger partial charge in [0.2, 0.25) is 5.95 Å². The van der Waals surface area contributed by atoms with E-state index in [0.29, 0.717) is 0 Å². The van der Waals surface area contributed by atoms with Crippen LogP contribution in [0.4, 0.5) is 5.95 Å². The van der Waals surface area contributed by atoms with Crippen LogP contribution in [0.1, 0.15) is 30.3 Å². The van der Waals surface area contributed by atoms with Gasteiger partial charge in [-0.25, -0.2) is 9.97 Å². The zero-order valence-corrected chi connectivity index (χ0v) is 8.81. The molecule has 0 bridgehead atoms. The molecule has 1 aromatic heterocycles. The molecule has 0 spiro atoms. The molecule has 0 amide bonds. The molecule has 1 rings (SSSR count). The summed E-state index contributed by atoms with van der Waals surface area (Å²) in [4.78, 5) is 8.70. The van der Waals surface area contributed by atoms with Crippen molar-refractivity contribution < 1.29 is 0 Å². The molecule has 13 heavy (non-hydrogen) atoms. The van der Waals surface area contributed by atoms with E-state index in [1.54, 1.807) is 0 Å². The lowest BCUT2D eigenvalue weighted by molar-refractivity contribution is 0.866. The Balaban J connectivity index is 3.07. The molecule has 72 valence electrons. The summed E-state index contributed by atoms with van der Waals surface area (Å²) in [6.45, 7) is 6.26. The molecule has 0 atom stereocenters. The molecule has 0 aliphatic heterocycles. The molecule has 0 aromatic carbocycles. The Labute approximate surface area is 79.6 Å². The van der Waals surface area contributed by atoms with Crippen LogP contribution in [-0.4, -0.2) is 17.0 Å². The molecule has 0 unspecified atom stereocenters. The van der Waals surface area contributed by atoms with Gasteiger partial charge in [-0.2, -0.15) is 0 Å². The Morgan fingerprint density at radius 2 is 1.69 bits per heavy atom. The largest absolute Gasteiger partial charge is 0.357 e. The van der Waals surface area contributed by atoms with Crippen molar-refractivity contribution in [2.24, 2.45) is 0 Å². The molecular weight excluding hydrogens is 162 g/mol. The number of rotatable bonds is 3. The van der Waals surface area contributed by atoms with Crippen LogP contribution in [0.3, 0.4) is 0 Å². The van der Waals surface area contributed by atoms with Gasteiger partial charge in [-0.15, -0.1) is 0 Å². The van der Waals surface area contributed by atoms with E-state index < -0.39 is 0 Å². The third-order valence-corrected chi connectivity index (χ3v) is 2.14. The predicted octanol–water partition coefficient (Wildman–Crippen LogP) is 2.09. The molecule has 0 aliphatic rings. The summed E-state index contributed by atoms with van der Waals surface area (Å²) >= 11 is 0. The Bertz CT molecular complexity index is 271. The van der Waals surface area contributed by atoms with Crippen molar-refractivity contribution in [2.45, 2.75) is 33.6 Å². The van der Waals surface area contributed by atoms with Gasteiger partial charge in [-0.05, 0) is 25.8 Å². The Hall–Kier alpha value is -1.12. The molecule has 3 heteroatoms. The maximum atomic E-state index is 4.35. The van der Waals surface area contributed by atoms with Crippen molar-refractivity contribution in [3.63, 3.8) is 0 Å². The molecule has 0 radical (unpaired) electrons. The second kappa shape index (κ2) is 4.21. The van der Waals surface area contributed by atoms with E-state index in [0.717, 1.165) is 30.2 Å². The Morgan fingerprint density at radius 3 is 2.08 bits per heavy atom. The van der Waals surface area contributed by atoms with Crippen LogP contribution in [0.5, 0.6) is 0 Å². The average molecular weight is 179 g/mol. The monoisotopic (exact) mass is 179 g/mol. The van der Waals surface area contributed by atoms with Gasteiger partial charge in [-0.1, -0.05) is 13.3 Å². The van der Waals surface area contributed by atoms with E-state index in [9.17, 15) is 0 Å². The molecule has 1 heterocycles. The fourth-order valence-corrected chi connectivity index (χ4v) is 1.46. The van der Waals surface area contributed by atoms with Crippen molar-refractivity contribution in [3.05, 3.63) is 17.0 Å². The second-order valence-corrected chi connectivity index (χ2v) is 3.20. The van der Waals surface area contributed by atoms with Gasteiger partial charge in [0.1, 0.15) is 0 Å². The summed E-state index contributed by atoms with van der Waals surface area (Å²) in [6, 6.07) is 0. The van der Waals surface area contributed by atoms with E-state index in [1.165, 1.54) is 5.56 Å². The number of aryl methyl sites for hydroxylation is 2. The highest BCUT2D eigenvalue weighted by Crippen LogP contribution is 2.13. The first-order valence-corrected chi connectivity index (χ1v) is 4.71. The lowest BCUT2D eigenvalue weighted by atomic mass is 10.1. The highest BCUT2D eigenvalue weighted by molar-refractivity contribution is 5.33. The first-order chi connectivity index (χ1) is 6.19. The number of aromatic nitrogens is 2. The third-order valence-electron chi connectivity index (χ3n) is 2.14. The lowest BCUT2D eigenvalue weighted by Gasteiger charge is -2.08. The number of nitrogens with zero attached hydrogens (tertiary/aromatic N) is 2. The summed E-state index contributed by atoms with van der Waals surface area (Å²) in [5.41, 5.74) is 3.49. The van der Waals surface area contributed by atoms with Crippen LogP contribution in [0.25, 0.3) is 0 Å². The third kappa shape index (κ3) is 2.17. The van der Waals surface area contributed by atoms with Gasteiger partial charge in [0.15, 0.2) is 0 Å². The summed E-state index contributed by atoms with van der Waals surface area (Å²) in [7, 11) is 1.84. The van der Waals surface area contributed by atoms with Crippen molar-refractivity contribution in [1.82, 2.24) is 9.97 Å². The van der Waals surface area contributed by atoms with Crippen LogP contribution in [0, 0.1) is 13.8 Å². The second-order valence-electron chi connectivity index (χ2n) is 3.20. The number of anilines is 1. The fourth-order valence-electron chi connectivity index (χ4n) is 1.46. The summed E-state index contributed by atoms with van der Waals surface area (Å²) < 4.78 is 0. The van der Waals surface area contributed by atoms with Crippen molar-refractivity contribution in [3.8, 4) is 0 Å². The fraction of sp³-hybridized carbons (Fsp3) is 0.600. The van der Waals surface area contributed by atoms with Crippen molar-refractivity contribution >= 4 is 5.95 Å². The highest BCUT2D eigenvalue weighted by Gasteiger charge is 2.05. The predicted molar refractivity (Wildman–Crippen MR) is 55.0 cm³/mol. The summed E-state index contributed by atoms with van der Waals surface area (Å²) in [5.74, 6) is 0.717. The topological polar surface area (TPSA) is 37.8 Å². The zero-order valence-electron chi connectivity index (χ0n) is 8.81. The van der Waals surface area contributed by atoms with Gasteiger partial charge in [-0.3, -0.25) is 0 Å². The summed E-state index contributed by atoms with van der Waals surface area (Å²) in [5, 5.41) is 2.96. The molecule has 0 fully saturated rings. The maximum absolute atomic E-state index is 4.35. The van der Waals surface area contributed by atoms with Crippen molar-refractivity contribution in [2.75, 3.05) is 12.4 Å². The molecule has 0 saturated carbocycles. The first-order valence-electron chi connectivity index (χ1n) is 4.71. The van der Waals surface area contributed by atoms with Crippen LogP contribution < -0.4 is 5.32 Å². The maximum Gasteiger partial charge on any atom is 0.222 e. The molecule has 3 nitrogen and oxygen atoms in total. The van der Waals surface area contributed by atoms with E-state index in [4.69, 9.17) is 0 Å². The summed E-state index contributed by atoms with van der Waals surface area (Å²) in [6.07, 6.45) is 2.21. The Kier molecular flexibility index (Phi) is 3.23. The normalized spacial score (nSPS) is 10.2. The van der Waals surface area contributed by atoms with E-state index in [1.807, 2.05) is 20.9 Å². The SMILES string of the molecule is CCCc1c(C)nc(NC)nc1C. The van der Waals surface area contributed by atoms with Gasteiger partial charge < -0.3 is 5.32 Å². The van der Waals surface area contributed by atoms with Gasteiger partial charge in [0.25, 0.3) is 0 Å². The zero-order chi connectivity index (χ0) is 9.84. The number of nitrogens with one attached hydrogen (secondary N) is 1. The molecule has 1 N–H and O–H groups in total.